The zero-order valence-electron chi connectivity index (χ0n) is 7.63. The molecular formula is C10H10BrClN2. The Labute approximate surface area is 96.2 Å². The lowest BCUT2D eigenvalue weighted by Gasteiger charge is -2.06. The molecule has 0 radical (unpaired) electrons. The molecule has 2 saturated carbocycles. The first-order valence-electron chi connectivity index (χ1n) is 4.98. The molecule has 1 aromatic rings. The first kappa shape index (κ1) is 9.10. The molecule has 0 aliphatic heterocycles. The molecule has 1 heterocycles. The van der Waals surface area contributed by atoms with Gasteiger partial charge >= 0.3 is 0 Å². The molecule has 0 amide bonds. The molecule has 0 atom stereocenters. The summed E-state index contributed by atoms with van der Waals surface area (Å²) in [6.07, 6.45) is 4.94. The highest BCUT2D eigenvalue weighted by atomic mass is 79.9. The lowest BCUT2D eigenvalue weighted by atomic mass is 10.2. The molecule has 0 spiro atoms. The molecular weight excluding hydrogens is 263 g/mol. The molecule has 2 fully saturated rings. The summed E-state index contributed by atoms with van der Waals surface area (Å²) in [4.78, 5) is 8.93. The monoisotopic (exact) mass is 272 g/mol. The maximum atomic E-state index is 6.06. The topological polar surface area (TPSA) is 25.8 Å². The molecule has 74 valence electrons. The third kappa shape index (κ3) is 1.57. The van der Waals surface area contributed by atoms with Crippen LogP contribution < -0.4 is 0 Å². The number of nitrogens with zero attached hydrogens (tertiary/aromatic N) is 2. The normalized spacial score (nSPS) is 21.3. The van der Waals surface area contributed by atoms with Gasteiger partial charge in [0.15, 0.2) is 0 Å². The average Bonchev–Trinajstić information content (AvgIpc) is 3.04. The second-order valence-corrected chi connectivity index (χ2v) is 5.27. The molecule has 2 aliphatic carbocycles. The van der Waals surface area contributed by atoms with Gasteiger partial charge in [0.1, 0.15) is 11.0 Å². The van der Waals surface area contributed by atoms with Gasteiger partial charge in [0.2, 0.25) is 0 Å². The van der Waals surface area contributed by atoms with Crippen LogP contribution >= 0.6 is 27.5 Å². The summed E-state index contributed by atoms with van der Waals surface area (Å²) >= 11 is 9.53. The third-order valence-electron chi connectivity index (χ3n) is 2.76. The van der Waals surface area contributed by atoms with Crippen molar-refractivity contribution in [2.45, 2.75) is 37.5 Å². The maximum Gasteiger partial charge on any atom is 0.147 e. The molecule has 1 aromatic heterocycles. The first-order valence-corrected chi connectivity index (χ1v) is 6.15. The largest absolute Gasteiger partial charge is 0.236 e. The Balaban J connectivity index is 2.06. The lowest BCUT2D eigenvalue weighted by Crippen LogP contribution is -1.99. The van der Waals surface area contributed by atoms with Gasteiger partial charge < -0.3 is 0 Å². The molecule has 0 aromatic carbocycles. The fourth-order valence-corrected chi connectivity index (χ4v) is 2.29. The van der Waals surface area contributed by atoms with Gasteiger partial charge in [-0.1, -0.05) is 11.6 Å². The highest BCUT2D eigenvalue weighted by molar-refractivity contribution is 9.10. The van der Waals surface area contributed by atoms with Crippen LogP contribution in [0.25, 0.3) is 0 Å². The molecule has 0 unspecified atom stereocenters. The highest BCUT2D eigenvalue weighted by Gasteiger charge is 2.32. The van der Waals surface area contributed by atoms with Crippen LogP contribution in [0.5, 0.6) is 0 Å². The second-order valence-electron chi connectivity index (χ2n) is 4.12. The van der Waals surface area contributed by atoms with E-state index in [4.69, 9.17) is 11.6 Å². The van der Waals surface area contributed by atoms with Crippen molar-refractivity contribution in [3.63, 3.8) is 0 Å². The van der Waals surface area contributed by atoms with E-state index in [1.807, 2.05) is 0 Å². The van der Waals surface area contributed by atoms with E-state index in [1.54, 1.807) is 0 Å². The Morgan fingerprint density at radius 3 is 2.29 bits per heavy atom. The molecule has 4 heteroatoms. The van der Waals surface area contributed by atoms with Gasteiger partial charge in [-0.25, -0.2) is 9.97 Å². The number of rotatable bonds is 2. The number of aromatic nitrogens is 2. The summed E-state index contributed by atoms with van der Waals surface area (Å²) in [6, 6.07) is 0. The van der Waals surface area contributed by atoms with Gasteiger partial charge in [0, 0.05) is 11.8 Å². The molecule has 0 bridgehead atoms. The van der Waals surface area contributed by atoms with Gasteiger partial charge in [0.25, 0.3) is 0 Å². The minimum Gasteiger partial charge on any atom is -0.236 e. The first-order chi connectivity index (χ1) is 6.75. The summed E-state index contributed by atoms with van der Waals surface area (Å²) in [6.45, 7) is 0. The fraction of sp³-hybridized carbons (Fsp3) is 0.600. The van der Waals surface area contributed by atoms with E-state index >= 15 is 0 Å². The van der Waals surface area contributed by atoms with Crippen molar-refractivity contribution >= 4 is 27.5 Å². The van der Waals surface area contributed by atoms with E-state index in [-0.39, 0.29) is 0 Å². The second kappa shape index (κ2) is 3.17. The van der Waals surface area contributed by atoms with Gasteiger partial charge in [-0.3, -0.25) is 0 Å². The fourth-order valence-electron chi connectivity index (χ4n) is 1.60. The predicted molar refractivity (Wildman–Crippen MR) is 58.7 cm³/mol. The van der Waals surface area contributed by atoms with Crippen LogP contribution in [0.2, 0.25) is 5.15 Å². The minimum absolute atomic E-state index is 0.582. The van der Waals surface area contributed by atoms with Crippen molar-refractivity contribution < 1.29 is 0 Å². The van der Waals surface area contributed by atoms with Crippen LogP contribution in [-0.2, 0) is 0 Å². The quantitative estimate of drug-likeness (QED) is 0.769. The van der Waals surface area contributed by atoms with Crippen LogP contribution in [0, 0.1) is 0 Å². The van der Waals surface area contributed by atoms with Crippen LogP contribution in [0.1, 0.15) is 49.0 Å². The lowest BCUT2D eigenvalue weighted by molar-refractivity contribution is 0.865. The zero-order valence-corrected chi connectivity index (χ0v) is 9.98. The summed E-state index contributed by atoms with van der Waals surface area (Å²) in [5.41, 5.74) is 1.13. The summed E-state index contributed by atoms with van der Waals surface area (Å²) in [7, 11) is 0. The van der Waals surface area contributed by atoms with Gasteiger partial charge in [0.05, 0.1) is 10.2 Å². The molecule has 3 rings (SSSR count). The van der Waals surface area contributed by atoms with Gasteiger partial charge in [-0.05, 0) is 41.6 Å². The zero-order chi connectivity index (χ0) is 9.71. The number of hydrogen-bond donors (Lipinski definition) is 0. The Morgan fingerprint density at radius 1 is 1.07 bits per heavy atom. The SMILES string of the molecule is Clc1nc(C2CC2)nc(C2CC2)c1Br. The molecule has 0 saturated heterocycles. The molecule has 2 aliphatic rings. The molecule has 2 nitrogen and oxygen atoms in total. The van der Waals surface area contributed by atoms with E-state index in [9.17, 15) is 0 Å². The Kier molecular flexibility index (Phi) is 2.06. The van der Waals surface area contributed by atoms with E-state index in [1.165, 1.54) is 25.7 Å². The molecule has 0 N–H and O–H groups in total. The van der Waals surface area contributed by atoms with Gasteiger partial charge in [-0.15, -0.1) is 0 Å². The Bertz CT molecular complexity index is 386. The third-order valence-corrected chi connectivity index (χ3v) is 4.04. The number of halogens is 2. The molecule has 14 heavy (non-hydrogen) atoms. The van der Waals surface area contributed by atoms with Crippen molar-refractivity contribution in [1.82, 2.24) is 9.97 Å². The van der Waals surface area contributed by atoms with Crippen LogP contribution in [-0.4, -0.2) is 9.97 Å². The van der Waals surface area contributed by atoms with Crippen LogP contribution in [0.4, 0.5) is 0 Å². The van der Waals surface area contributed by atoms with Crippen molar-refractivity contribution in [2.24, 2.45) is 0 Å². The van der Waals surface area contributed by atoms with E-state index in [0.717, 1.165) is 16.0 Å². The van der Waals surface area contributed by atoms with Crippen molar-refractivity contribution in [3.05, 3.63) is 21.1 Å². The van der Waals surface area contributed by atoms with E-state index in [2.05, 4.69) is 25.9 Å². The summed E-state index contributed by atoms with van der Waals surface area (Å²) in [5, 5.41) is 0.587. The predicted octanol–water partition coefficient (Wildman–Crippen LogP) is 3.65. The summed E-state index contributed by atoms with van der Waals surface area (Å²) in [5.74, 6) is 2.17. The van der Waals surface area contributed by atoms with E-state index < -0.39 is 0 Å². The summed E-state index contributed by atoms with van der Waals surface area (Å²) < 4.78 is 0.908. The Hall–Kier alpha value is -0.150. The van der Waals surface area contributed by atoms with E-state index in [0.29, 0.717) is 17.0 Å². The highest BCUT2D eigenvalue weighted by Crippen LogP contribution is 2.46. The Morgan fingerprint density at radius 2 is 1.71 bits per heavy atom. The van der Waals surface area contributed by atoms with Crippen molar-refractivity contribution in [3.8, 4) is 0 Å². The average molecular weight is 274 g/mol. The van der Waals surface area contributed by atoms with Gasteiger partial charge in [-0.2, -0.15) is 0 Å². The maximum absolute atomic E-state index is 6.06. The minimum atomic E-state index is 0.582. The number of hydrogen-bond acceptors (Lipinski definition) is 2. The standard InChI is InChI=1S/C10H10BrClN2/c11-7-8(5-1-2-5)13-10(6-3-4-6)14-9(7)12/h5-6H,1-4H2. The van der Waals surface area contributed by atoms with Crippen LogP contribution in [0.3, 0.4) is 0 Å². The smallest absolute Gasteiger partial charge is 0.147 e. The van der Waals surface area contributed by atoms with Crippen molar-refractivity contribution in [1.29, 1.82) is 0 Å². The van der Waals surface area contributed by atoms with Crippen molar-refractivity contribution in [2.75, 3.05) is 0 Å². The van der Waals surface area contributed by atoms with Crippen LogP contribution in [0.15, 0.2) is 4.47 Å².